The van der Waals surface area contributed by atoms with E-state index in [1.54, 1.807) is 0 Å². The van der Waals surface area contributed by atoms with Gasteiger partial charge in [0.1, 0.15) is 7.05 Å². The van der Waals surface area contributed by atoms with Crippen LogP contribution in [0.5, 0.6) is 0 Å². The Morgan fingerprint density at radius 2 is 1.60 bits per heavy atom. The monoisotopic (exact) mass is 509 g/mol. The van der Waals surface area contributed by atoms with E-state index in [1.165, 1.54) is 44.9 Å². The molecule has 4 rings (SSSR count). The molecule has 0 N–H and O–H groups in total. The highest BCUT2D eigenvalue weighted by molar-refractivity contribution is 5.81. The molecule has 0 aliphatic rings. The van der Waals surface area contributed by atoms with Gasteiger partial charge in [-0.05, 0) is 61.9 Å². The van der Waals surface area contributed by atoms with E-state index in [0.29, 0.717) is 0 Å². The minimum atomic E-state index is 0. The molecule has 0 aliphatic heterocycles. The van der Waals surface area contributed by atoms with Gasteiger partial charge in [-0.1, -0.05) is 18.2 Å². The van der Waals surface area contributed by atoms with E-state index in [1.807, 2.05) is 0 Å². The lowest BCUT2D eigenvalue weighted by atomic mass is 10.1. The summed E-state index contributed by atoms with van der Waals surface area (Å²) in [5, 5.41) is 1.25. The van der Waals surface area contributed by atoms with E-state index >= 15 is 0 Å². The molecule has 30 heavy (non-hydrogen) atoms. The van der Waals surface area contributed by atoms with Crippen LogP contribution in [0.25, 0.3) is 28.7 Å². The Kier molecular flexibility index (Phi) is 6.66. The molecule has 3 nitrogen and oxygen atoms in total. The fourth-order valence-electron chi connectivity index (χ4n) is 3.96. The lowest BCUT2D eigenvalue weighted by molar-refractivity contribution is -0.646. The number of aromatic nitrogens is 2. The lowest BCUT2D eigenvalue weighted by Gasteiger charge is -2.12. The van der Waals surface area contributed by atoms with E-state index in [2.05, 4.69) is 128 Å². The van der Waals surface area contributed by atoms with Crippen LogP contribution in [0.1, 0.15) is 22.6 Å². The molecule has 0 bridgehead atoms. The number of fused-ring (bicyclic) bond motifs is 1. The van der Waals surface area contributed by atoms with Crippen molar-refractivity contribution in [3.05, 3.63) is 89.4 Å². The lowest BCUT2D eigenvalue weighted by Crippen LogP contribution is -3.00. The van der Waals surface area contributed by atoms with Crippen LogP contribution in [0.4, 0.5) is 5.69 Å². The molecule has 0 saturated carbocycles. The molecule has 4 aromatic rings. The second-order valence-electron chi connectivity index (χ2n) is 7.79. The number of hydrogen-bond donors (Lipinski definition) is 0. The Morgan fingerprint density at radius 1 is 0.867 bits per heavy atom. The highest BCUT2D eigenvalue weighted by Crippen LogP contribution is 2.23. The zero-order valence-electron chi connectivity index (χ0n) is 18.2. The van der Waals surface area contributed by atoms with E-state index < -0.39 is 0 Å². The van der Waals surface area contributed by atoms with Crippen LogP contribution in [0.2, 0.25) is 0 Å². The van der Waals surface area contributed by atoms with Gasteiger partial charge < -0.3 is 33.4 Å². The smallest absolute Gasteiger partial charge is 0.212 e. The molecule has 0 radical (unpaired) electrons. The summed E-state index contributed by atoms with van der Waals surface area (Å²) in [6, 6.07) is 23.8. The molecule has 0 saturated heterocycles. The maximum atomic E-state index is 2.31. The third-order valence-corrected chi connectivity index (χ3v) is 5.63. The number of benzene rings is 2. The Labute approximate surface area is 196 Å². The van der Waals surface area contributed by atoms with Gasteiger partial charge in [-0.15, -0.1) is 0 Å². The van der Waals surface area contributed by atoms with Crippen LogP contribution in [0.15, 0.2) is 66.7 Å². The number of hydrogen-bond acceptors (Lipinski definition) is 1. The summed E-state index contributed by atoms with van der Waals surface area (Å²) in [5.41, 5.74) is 8.57. The Morgan fingerprint density at radius 3 is 2.30 bits per heavy atom. The molecule has 0 spiro atoms. The number of aryl methyl sites for hydroxylation is 2. The van der Waals surface area contributed by atoms with Crippen LogP contribution in [-0.4, -0.2) is 18.7 Å². The second-order valence-corrected chi connectivity index (χ2v) is 7.79. The van der Waals surface area contributed by atoms with Crippen molar-refractivity contribution in [2.24, 2.45) is 7.05 Å². The zero-order chi connectivity index (χ0) is 20.5. The quantitative estimate of drug-likeness (QED) is 0.304. The van der Waals surface area contributed by atoms with Crippen LogP contribution >= 0.6 is 0 Å². The van der Waals surface area contributed by atoms with Crippen molar-refractivity contribution < 1.29 is 28.5 Å². The number of para-hydroxylation sites is 1. The number of anilines is 1. The Balaban J connectivity index is 0.00000256. The van der Waals surface area contributed by atoms with Crippen molar-refractivity contribution in [3.8, 4) is 5.69 Å². The van der Waals surface area contributed by atoms with Crippen molar-refractivity contribution >= 4 is 28.7 Å². The number of nitrogens with zero attached hydrogens (tertiary/aromatic N) is 3. The molecule has 154 valence electrons. The molecular formula is C26H28IN3. The van der Waals surface area contributed by atoms with E-state index in [0.717, 1.165) is 0 Å². The molecule has 2 aromatic heterocycles. The first kappa shape index (κ1) is 22.1. The molecule has 0 atom stereocenters. The summed E-state index contributed by atoms with van der Waals surface area (Å²) in [6.07, 6.45) is 4.42. The van der Waals surface area contributed by atoms with Gasteiger partial charge in [0.2, 0.25) is 11.2 Å². The highest BCUT2D eigenvalue weighted by atomic mass is 127. The summed E-state index contributed by atoms with van der Waals surface area (Å²) in [7, 11) is 6.28. The summed E-state index contributed by atoms with van der Waals surface area (Å²) in [6.45, 7) is 4.35. The molecule has 4 heteroatoms. The van der Waals surface area contributed by atoms with Gasteiger partial charge >= 0.3 is 0 Å². The first-order valence-corrected chi connectivity index (χ1v) is 9.98. The van der Waals surface area contributed by atoms with Gasteiger partial charge in [-0.2, -0.15) is 4.57 Å². The predicted molar refractivity (Wildman–Crippen MR) is 124 cm³/mol. The highest BCUT2D eigenvalue weighted by Gasteiger charge is 2.12. The van der Waals surface area contributed by atoms with Crippen molar-refractivity contribution in [1.29, 1.82) is 0 Å². The minimum absolute atomic E-state index is 0. The average Bonchev–Trinajstić information content (AvgIpc) is 3.01. The topological polar surface area (TPSA) is 12.1 Å². The Hall–Kier alpha value is -2.60. The molecule has 0 fully saturated rings. The fourth-order valence-corrected chi connectivity index (χ4v) is 3.96. The van der Waals surface area contributed by atoms with Gasteiger partial charge in [0.15, 0.2) is 0 Å². The SMILES string of the molecule is Cc1cc(C=Cc2ccc3cc(N(C)C)ccc3[n+]2C)c(C)n1-c1ccccc1.[I-]. The van der Waals surface area contributed by atoms with Gasteiger partial charge in [0.05, 0.1) is 0 Å². The van der Waals surface area contributed by atoms with Crippen molar-refractivity contribution in [3.63, 3.8) is 0 Å². The molecule has 0 unspecified atom stereocenters. The van der Waals surface area contributed by atoms with E-state index in [-0.39, 0.29) is 24.0 Å². The van der Waals surface area contributed by atoms with Gasteiger partial charge in [0, 0.05) is 60.5 Å². The first-order chi connectivity index (χ1) is 14.0. The maximum Gasteiger partial charge on any atom is 0.212 e. The summed E-state index contributed by atoms with van der Waals surface area (Å²) in [4.78, 5) is 2.13. The summed E-state index contributed by atoms with van der Waals surface area (Å²) in [5.74, 6) is 0. The van der Waals surface area contributed by atoms with Crippen LogP contribution in [0.3, 0.4) is 0 Å². The van der Waals surface area contributed by atoms with E-state index in [4.69, 9.17) is 0 Å². The third-order valence-electron chi connectivity index (χ3n) is 5.63. The molecular weight excluding hydrogens is 481 g/mol. The number of halogens is 1. The maximum absolute atomic E-state index is 2.31. The third kappa shape index (κ3) is 4.15. The van der Waals surface area contributed by atoms with Crippen LogP contribution in [-0.2, 0) is 7.05 Å². The summed E-state index contributed by atoms with van der Waals surface area (Å²) < 4.78 is 4.56. The Bertz CT molecular complexity index is 1200. The molecule has 2 aromatic carbocycles. The van der Waals surface area contributed by atoms with E-state index in [9.17, 15) is 0 Å². The van der Waals surface area contributed by atoms with Gasteiger partial charge in [0.25, 0.3) is 0 Å². The standard InChI is InChI=1S/C26H28N3.HI/c1-19-17-21(20(2)29(19)24-9-7-6-8-10-24)11-13-23-14-12-22-18-25(27(3)4)15-16-26(22)28(23)5;/h6-18H,1-5H3;1H/q+1;/p-1. The first-order valence-electron chi connectivity index (χ1n) is 9.98. The molecule has 2 heterocycles. The van der Waals surface area contributed by atoms with Crippen molar-refractivity contribution in [2.75, 3.05) is 19.0 Å². The zero-order valence-corrected chi connectivity index (χ0v) is 20.4. The second kappa shape index (κ2) is 9.04. The predicted octanol–water partition coefficient (Wildman–Crippen LogP) is 2.31. The summed E-state index contributed by atoms with van der Waals surface area (Å²) >= 11 is 0. The molecule has 0 amide bonds. The van der Waals surface area contributed by atoms with Gasteiger partial charge in [-0.3, -0.25) is 0 Å². The van der Waals surface area contributed by atoms with Crippen LogP contribution < -0.4 is 33.4 Å². The number of rotatable bonds is 4. The molecule has 0 aliphatic carbocycles. The largest absolute Gasteiger partial charge is 1.00 e. The van der Waals surface area contributed by atoms with Crippen LogP contribution in [0, 0.1) is 13.8 Å². The van der Waals surface area contributed by atoms with Crippen molar-refractivity contribution in [2.45, 2.75) is 13.8 Å². The normalized spacial score (nSPS) is 11.1. The average molecular weight is 509 g/mol. The minimum Gasteiger partial charge on any atom is -1.00 e. The fraction of sp³-hybridized carbons (Fsp3) is 0.192. The van der Waals surface area contributed by atoms with Crippen molar-refractivity contribution in [1.82, 2.24) is 4.57 Å². The number of pyridine rings is 1. The van der Waals surface area contributed by atoms with Gasteiger partial charge in [-0.25, -0.2) is 0 Å².